The second-order valence-electron chi connectivity index (χ2n) is 5.93. The van der Waals surface area contributed by atoms with E-state index in [2.05, 4.69) is 23.9 Å². The van der Waals surface area contributed by atoms with Crippen molar-refractivity contribution >= 4 is 17.3 Å². The van der Waals surface area contributed by atoms with E-state index in [1.807, 2.05) is 48.7 Å². The maximum absolute atomic E-state index is 6.26. The molecule has 0 fully saturated rings. The van der Waals surface area contributed by atoms with Crippen molar-refractivity contribution < 1.29 is 4.74 Å². The van der Waals surface area contributed by atoms with E-state index in [1.165, 1.54) is 5.56 Å². The monoisotopic (exact) mass is 378 g/mol. The lowest BCUT2D eigenvalue weighted by atomic mass is 10.1. The largest absolute Gasteiger partial charge is 0.494 e. The van der Waals surface area contributed by atoms with E-state index in [0.717, 1.165) is 36.1 Å². The van der Waals surface area contributed by atoms with Gasteiger partial charge in [-0.25, -0.2) is 0 Å². The smallest absolute Gasteiger partial charge is 0.119 e. The Hall–Kier alpha value is -2.96. The molecular weight excluding hydrogens is 356 g/mol. The lowest BCUT2D eigenvalue weighted by molar-refractivity contribution is 0.307. The van der Waals surface area contributed by atoms with E-state index < -0.39 is 0 Å². The summed E-state index contributed by atoms with van der Waals surface area (Å²) in [6.07, 6.45) is 14.9. The van der Waals surface area contributed by atoms with Gasteiger partial charge in [-0.1, -0.05) is 35.9 Å². The van der Waals surface area contributed by atoms with Crippen LogP contribution in [-0.4, -0.2) is 11.6 Å². The van der Waals surface area contributed by atoms with Crippen molar-refractivity contribution in [3.8, 4) is 29.7 Å². The van der Waals surface area contributed by atoms with E-state index in [-0.39, 0.29) is 0 Å². The molecule has 1 aromatic heterocycles. The van der Waals surface area contributed by atoms with Crippen LogP contribution in [0.1, 0.15) is 18.4 Å². The second-order valence-corrected chi connectivity index (χ2v) is 6.34. The molecule has 0 saturated carbocycles. The molecule has 4 heteroatoms. The number of anilines is 1. The summed E-state index contributed by atoms with van der Waals surface area (Å²) in [6, 6.07) is 17.6. The highest BCUT2D eigenvalue weighted by Gasteiger charge is 2.04. The number of pyridine rings is 1. The molecule has 3 nitrogen and oxygen atoms in total. The number of benzene rings is 2. The fraction of sp³-hybridized carbons (Fsp3) is 0.174. The number of hydrogen-bond donors (Lipinski definition) is 1. The molecule has 0 saturated heterocycles. The van der Waals surface area contributed by atoms with Crippen LogP contribution in [0.2, 0.25) is 5.02 Å². The molecule has 3 aromatic rings. The molecule has 0 spiro atoms. The number of unbranched alkanes of at least 4 members (excludes halogenated alkanes) is 1. The normalized spacial score (nSPS) is 9.89. The van der Waals surface area contributed by atoms with E-state index in [0.29, 0.717) is 17.3 Å². The molecule has 1 heterocycles. The molecule has 0 bridgehead atoms. The number of halogens is 1. The molecular formula is C23H23ClN2O. The summed E-state index contributed by atoms with van der Waals surface area (Å²) in [5.41, 5.74) is 9.70. The Kier molecular flexibility index (Phi) is 8.22. The third-order valence-electron chi connectivity index (χ3n) is 4.01. The Morgan fingerprint density at radius 3 is 2.44 bits per heavy atom. The van der Waals surface area contributed by atoms with Crippen LogP contribution >= 0.6 is 11.6 Å². The molecule has 27 heavy (non-hydrogen) atoms. The van der Waals surface area contributed by atoms with Crippen molar-refractivity contribution in [1.29, 1.82) is 0 Å². The van der Waals surface area contributed by atoms with Crippen molar-refractivity contribution in [1.82, 2.24) is 4.98 Å². The molecule has 0 aliphatic rings. The summed E-state index contributed by atoms with van der Waals surface area (Å²) in [5, 5.41) is 0.657. The zero-order valence-electron chi connectivity index (χ0n) is 15.1. The fourth-order valence-corrected chi connectivity index (χ4v) is 2.96. The average molecular weight is 379 g/mol. The Labute approximate surface area is 166 Å². The minimum absolute atomic E-state index is 0.657. The number of rotatable bonds is 7. The van der Waals surface area contributed by atoms with Gasteiger partial charge in [-0.15, -0.1) is 12.8 Å². The van der Waals surface area contributed by atoms with E-state index in [1.54, 1.807) is 12.3 Å². The van der Waals surface area contributed by atoms with Gasteiger partial charge in [-0.2, -0.15) is 0 Å². The van der Waals surface area contributed by atoms with E-state index >= 15 is 0 Å². The van der Waals surface area contributed by atoms with Gasteiger partial charge in [-0.05, 0) is 60.7 Å². The molecule has 0 radical (unpaired) electrons. The standard InChI is InChI=1S/C21H21ClN2O.C2H2/c22-21-14-18(23)8-11-20(21)17-6-9-19(10-7-17)25-13-2-1-4-16-5-3-12-24-15-16;1-2/h3,5-12,14-15H,1-2,4,13,23H2;1-2H. The van der Waals surface area contributed by atoms with E-state index in [4.69, 9.17) is 22.1 Å². The van der Waals surface area contributed by atoms with Crippen LogP contribution in [0.3, 0.4) is 0 Å². The Morgan fingerprint density at radius 2 is 1.78 bits per heavy atom. The van der Waals surface area contributed by atoms with Crippen molar-refractivity contribution in [2.24, 2.45) is 0 Å². The summed E-state index contributed by atoms with van der Waals surface area (Å²) in [5.74, 6) is 0.872. The molecule has 3 rings (SSSR count). The van der Waals surface area contributed by atoms with Crippen molar-refractivity contribution in [2.45, 2.75) is 19.3 Å². The van der Waals surface area contributed by atoms with Crippen molar-refractivity contribution in [2.75, 3.05) is 12.3 Å². The first-order valence-corrected chi connectivity index (χ1v) is 9.11. The van der Waals surface area contributed by atoms with Crippen LogP contribution in [0, 0.1) is 12.8 Å². The quantitative estimate of drug-likeness (QED) is 0.329. The second kappa shape index (κ2) is 10.9. The van der Waals surface area contributed by atoms with Crippen LogP contribution in [0.15, 0.2) is 67.0 Å². The minimum atomic E-state index is 0.657. The van der Waals surface area contributed by atoms with Gasteiger partial charge in [0.25, 0.3) is 0 Å². The lowest BCUT2D eigenvalue weighted by Gasteiger charge is -2.09. The third kappa shape index (κ3) is 6.36. The van der Waals surface area contributed by atoms with Crippen LogP contribution in [0.5, 0.6) is 5.75 Å². The number of nitrogen functional groups attached to an aromatic ring is 1. The van der Waals surface area contributed by atoms with Crippen LogP contribution in [-0.2, 0) is 6.42 Å². The first-order valence-electron chi connectivity index (χ1n) is 8.73. The van der Waals surface area contributed by atoms with Crippen LogP contribution in [0.4, 0.5) is 5.69 Å². The number of ether oxygens (including phenoxy) is 1. The van der Waals surface area contributed by atoms with Gasteiger partial charge in [0, 0.05) is 23.6 Å². The number of aryl methyl sites for hydroxylation is 1. The molecule has 2 aromatic carbocycles. The average Bonchev–Trinajstić information content (AvgIpc) is 2.71. The number of aromatic nitrogens is 1. The van der Waals surface area contributed by atoms with Crippen LogP contribution < -0.4 is 10.5 Å². The van der Waals surface area contributed by atoms with Crippen molar-refractivity contribution in [3.05, 3.63) is 77.6 Å². The maximum atomic E-state index is 6.26. The van der Waals surface area contributed by atoms with E-state index in [9.17, 15) is 0 Å². The Bertz CT molecular complexity index is 845. The summed E-state index contributed by atoms with van der Waals surface area (Å²) in [4.78, 5) is 4.13. The number of terminal acetylenes is 1. The molecule has 0 amide bonds. The predicted molar refractivity (Wildman–Crippen MR) is 114 cm³/mol. The predicted octanol–water partition coefficient (Wildman–Crippen LogP) is 5.64. The molecule has 2 N–H and O–H groups in total. The molecule has 0 unspecified atom stereocenters. The number of hydrogen-bond acceptors (Lipinski definition) is 3. The third-order valence-corrected chi connectivity index (χ3v) is 4.32. The summed E-state index contributed by atoms with van der Waals surface area (Å²) in [6.45, 7) is 0.711. The Balaban J connectivity index is 0.00000126. The first-order chi connectivity index (χ1) is 13.2. The zero-order valence-corrected chi connectivity index (χ0v) is 15.9. The molecule has 0 aliphatic carbocycles. The van der Waals surface area contributed by atoms with Crippen LogP contribution in [0.25, 0.3) is 11.1 Å². The van der Waals surface area contributed by atoms with Crippen molar-refractivity contribution in [3.63, 3.8) is 0 Å². The van der Waals surface area contributed by atoms with Gasteiger partial charge < -0.3 is 10.5 Å². The summed E-state index contributed by atoms with van der Waals surface area (Å²) >= 11 is 6.26. The number of nitrogens with zero attached hydrogens (tertiary/aromatic N) is 1. The molecule has 138 valence electrons. The summed E-state index contributed by atoms with van der Waals surface area (Å²) in [7, 11) is 0. The lowest BCUT2D eigenvalue weighted by Crippen LogP contribution is -1.98. The molecule has 0 atom stereocenters. The topological polar surface area (TPSA) is 48.1 Å². The zero-order chi connectivity index (χ0) is 19.5. The van der Waals surface area contributed by atoms with Gasteiger partial charge in [-0.3, -0.25) is 4.98 Å². The molecule has 0 aliphatic heterocycles. The van der Waals surface area contributed by atoms with Gasteiger partial charge >= 0.3 is 0 Å². The summed E-state index contributed by atoms with van der Waals surface area (Å²) < 4.78 is 5.82. The first kappa shape index (κ1) is 20.4. The fourth-order valence-electron chi connectivity index (χ4n) is 2.66. The van der Waals surface area contributed by atoms with Gasteiger partial charge in [0.15, 0.2) is 0 Å². The Morgan fingerprint density at radius 1 is 1.00 bits per heavy atom. The highest BCUT2D eigenvalue weighted by molar-refractivity contribution is 6.33. The minimum Gasteiger partial charge on any atom is -0.494 e. The maximum Gasteiger partial charge on any atom is 0.119 e. The highest BCUT2D eigenvalue weighted by Crippen LogP contribution is 2.30. The van der Waals surface area contributed by atoms with Gasteiger partial charge in [0.05, 0.1) is 11.6 Å². The number of nitrogens with two attached hydrogens (primary N) is 1. The highest BCUT2D eigenvalue weighted by atomic mass is 35.5. The van der Waals surface area contributed by atoms with Gasteiger partial charge in [0.1, 0.15) is 5.75 Å². The van der Waals surface area contributed by atoms with Gasteiger partial charge in [0.2, 0.25) is 0 Å². The SMILES string of the molecule is C#C.Nc1ccc(-c2ccc(OCCCCc3cccnc3)cc2)c(Cl)c1.